The molecule has 1 atom stereocenters. The molecule has 2 N–H and O–H groups in total. The Balaban J connectivity index is 0.000000810. The lowest BCUT2D eigenvalue weighted by molar-refractivity contribution is 0.0139. The van der Waals surface area contributed by atoms with Crippen molar-refractivity contribution in [2.24, 2.45) is 0 Å². The third-order valence-electron chi connectivity index (χ3n) is 3.49. The molecule has 0 unspecified atom stereocenters. The van der Waals surface area contributed by atoms with Crippen LogP contribution in [0, 0.1) is 0 Å². The average Bonchev–Trinajstić information content (AvgIpc) is 2.69. The number of halogens is 2. The van der Waals surface area contributed by atoms with Gasteiger partial charge < -0.3 is 10.5 Å². The van der Waals surface area contributed by atoms with Crippen LogP contribution in [0.3, 0.4) is 0 Å². The van der Waals surface area contributed by atoms with Gasteiger partial charge in [0.15, 0.2) is 5.13 Å². The van der Waals surface area contributed by atoms with Crippen LogP contribution in [0.4, 0.5) is 5.13 Å². The average molecular weight is 401 g/mol. The molecule has 2 aliphatic rings. The Morgan fingerprint density at radius 3 is 2.72 bits per heavy atom. The molecule has 7 heteroatoms. The summed E-state index contributed by atoms with van der Waals surface area (Å²) in [7, 11) is 0. The van der Waals surface area contributed by atoms with E-state index in [0.29, 0.717) is 6.04 Å². The second-order valence-corrected chi connectivity index (χ2v) is 5.58. The molecule has 4 nitrogen and oxygen atoms in total. The first-order valence-electron chi connectivity index (χ1n) is 5.89. The first-order valence-corrected chi connectivity index (χ1v) is 6.70. The molecule has 104 valence electrons. The van der Waals surface area contributed by atoms with Crippen molar-refractivity contribution in [2.75, 3.05) is 32.0 Å². The standard InChI is InChI=1S/C11H17N3OS.2BrH/c12-11-13-9-2-1-8(7-10(9)16-11)14-3-5-15-6-4-14;;/h8H,1-7H2,(H2,12,13);2*1H/t8-;;/m0../s1. The van der Waals surface area contributed by atoms with Crippen molar-refractivity contribution in [3.63, 3.8) is 0 Å². The Labute approximate surface area is 132 Å². The zero-order valence-electron chi connectivity index (χ0n) is 10.1. The van der Waals surface area contributed by atoms with Gasteiger partial charge in [0.25, 0.3) is 0 Å². The van der Waals surface area contributed by atoms with Crippen molar-refractivity contribution in [1.82, 2.24) is 9.88 Å². The van der Waals surface area contributed by atoms with Gasteiger partial charge in [-0.05, 0) is 19.3 Å². The van der Waals surface area contributed by atoms with E-state index in [2.05, 4.69) is 9.88 Å². The van der Waals surface area contributed by atoms with Gasteiger partial charge in [0.2, 0.25) is 0 Å². The fourth-order valence-electron chi connectivity index (χ4n) is 2.63. The van der Waals surface area contributed by atoms with Gasteiger partial charge in [-0.3, -0.25) is 4.90 Å². The molecular formula is C11H19Br2N3OS. The Bertz CT molecular complexity index is 382. The number of nitrogens with two attached hydrogens (primary N) is 1. The van der Waals surface area contributed by atoms with Gasteiger partial charge in [-0.2, -0.15) is 0 Å². The highest BCUT2D eigenvalue weighted by molar-refractivity contribution is 8.93. The predicted octanol–water partition coefficient (Wildman–Crippen LogP) is 2.07. The summed E-state index contributed by atoms with van der Waals surface area (Å²) in [6, 6.07) is 0.677. The summed E-state index contributed by atoms with van der Waals surface area (Å²) in [5, 5.41) is 0.729. The van der Waals surface area contributed by atoms with Crippen molar-refractivity contribution in [3.8, 4) is 0 Å². The molecule has 2 heterocycles. The second kappa shape index (κ2) is 7.19. The molecule has 0 radical (unpaired) electrons. The monoisotopic (exact) mass is 399 g/mol. The second-order valence-electron chi connectivity index (χ2n) is 4.47. The van der Waals surface area contributed by atoms with Gasteiger partial charge in [-0.15, -0.1) is 45.3 Å². The number of ether oxygens (including phenoxy) is 1. The molecule has 1 aliphatic carbocycles. The van der Waals surface area contributed by atoms with E-state index in [0.717, 1.165) is 44.3 Å². The van der Waals surface area contributed by atoms with E-state index in [-0.39, 0.29) is 34.0 Å². The van der Waals surface area contributed by atoms with Crippen LogP contribution in [-0.4, -0.2) is 42.2 Å². The first-order chi connectivity index (χ1) is 7.83. The van der Waals surface area contributed by atoms with E-state index in [9.17, 15) is 0 Å². The fraction of sp³-hybridized carbons (Fsp3) is 0.727. The Morgan fingerprint density at radius 2 is 2.00 bits per heavy atom. The molecule has 0 saturated carbocycles. The lowest BCUT2D eigenvalue weighted by atomic mass is 9.96. The van der Waals surface area contributed by atoms with Crippen LogP contribution in [0.2, 0.25) is 0 Å². The molecule has 1 aliphatic heterocycles. The van der Waals surface area contributed by atoms with Crippen molar-refractivity contribution in [2.45, 2.75) is 25.3 Å². The van der Waals surface area contributed by atoms with Crippen LogP contribution in [0.25, 0.3) is 0 Å². The maximum absolute atomic E-state index is 5.76. The van der Waals surface area contributed by atoms with E-state index in [1.807, 2.05) is 0 Å². The minimum atomic E-state index is 0. The first kappa shape index (κ1) is 16.4. The Morgan fingerprint density at radius 1 is 1.28 bits per heavy atom. The van der Waals surface area contributed by atoms with Crippen molar-refractivity contribution >= 4 is 50.4 Å². The highest BCUT2D eigenvalue weighted by atomic mass is 79.9. The lowest BCUT2D eigenvalue weighted by Crippen LogP contribution is -2.45. The van der Waals surface area contributed by atoms with E-state index in [1.165, 1.54) is 17.0 Å². The van der Waals surface area contributed by atoms with Crippen LogP contribution < -0.4 is 5.73 Å². The molecule has 1 aromatic heterocycles. The summed E-state index contributed by atoms with van der Waals surface area (Å²) >= 11 is 1.67. The smallest absolute Gasteiger partial charge is 0.180 e. The maximum Gasteiger partial charge on any atom is 0.180 e. The maximum atomic E-state index is 5.76. The van der Waals surface area contributed by atoms with Gasteiger partial charge in [0.1, 0.15) is 0 Å². The molecule has 0 spiro atoms. The quantitative estimate of drug-likeness (QED) is 0.783. The van der Waals surface area contributed by atoms with Crippen molar-refractivity contribution in [1.29, 1.82) is 0 Å². The summed E-state index contributed by atoms with van der Waals surface area (Å²) in [5.74, 6) is 0. The zero-order valence-corrected chi connectivity index (χ0v) is 14.4. The summed E-state index contributed by atoms with van der Waals surface area (Å²) in [6.07, 6.45) is 3.44. The number of anilines is 1. The molecule has 18 heavy (non-hydrogen) atoms. The SMILES string of the molecule is Br.Br.Nc1nc2c(s1)C[C@@H](N1CCOCC1)CC2. The van der Waals surface area contributed by atoms with Gasteiger partial charge >= 0.3 is 0 Å². The van der Waals surface area contributed by atoms with Gasteiger partial charge in [-0.1, -0.05) is 0 Å². The third kappa shape index (κ3) is 3.45. The highest BCUT2D eigenvalue weighted by Crippen LogP contribution is 2.30. The van der Waals surface area contributed by atoms with E-state index >= 15 is 0 Å². The van der Waals surface area contributed by atoms with Crippen LogP contribution in [0.5, 0.6) is 0 Å². The van der Waals surface area contributed by atoms with Crippen molar-refractivity contribution < 1.29 is 4.74 Å². The number of hydrogen-bond donors (Lipinski definition) is 1. The summed E-state index contributed by atoms with van der Waals surface area (Å²) < 4.78 is 5.39. The number of hydrogen-bond acceptors (Lipinski definition) is 5. The number of morpholine rings is 1. The number of nitrogen functional groups attached to an aromatic ring is 1. The normalized spacial score (nSPS) is 23.7. The third-order valence-corrected chi connectivity index (χ3v) is 4.44. The van der Waals surface area contributed by atoms with E-state index in [1.54, 1.807) is 11.3 Å². The molecule has 0 amide bonds. The minimum Gasteiger partial charge on any atom is -0.379 e. The van der Waals surface area contributed by atoms with Crippen LogP contribution >= 0.6 is 45.3 Å². The van der Waals surface area contributed by atoms with Gasteiger partial charge in [0, 0.05) is 24.0 Å². The largest absolute Gasteiger partial charge is 0.379 e. The Hall–Kier alpha value is 0.310. The summed E-state index contributed by atoms with van der Waals surface area (Å²) in [5.41, 5.74) is 7.00. The van der Waals surface area contributed by atoms with E-state index < -0.39 is 0 Å². The number of fused-ring (bicyclic) bond motifs is 1. The fourth-order valence-corrected chi connectivity index (χ4v) is 3.58. The molecule has 1 saturated heterocycles. The van der Waals surface area contributed by atoms with Crippen molar-refractivity contribution in [3.05, 3.63) is 10.6 Å². The minimum absolute atomic E-state index is 0. The summed E-state index contributed by atoms with van der Waals surface area (Å²) in [6.45, 7) is 3.92. The summed E-state index contributed by atoms with van der Waals surface area (Å²) in [4.78, 5) is 8.34. The molecule has 1 fully saturated rings. The molecule has 3 rings (SSSR count). The number of nitrogens with zero attached hydrogens (tertiary/aromatic N) is 2. The molecule has 0 aromatic carbocycles. The van der Waals surface area contributed by atoms with Crippen LogP contribution in [-0.2, 0) is 17.6 Å². The predicted molar refractivity (Wildman–Crippen MR) is 85.4 cm³/mol. The Kier molecular flexibility index (Phi) is 6.54. The molecule has 1 aromatic rings. The van der Waals surface area contributed by atoms with Gasteiger partial charge in [0.05, 0.1) is 18.9 Å². The lowest BCUT2D eigenvalue weighted by Gasteiger charge is -2.36. The highest BCUT2D eigenvalue weighted by Gasteiger charge is 2.27. The molecule has 0 bridgehead atoms. The zero-order chi connectivity index (χ0) is 11.0. The molecular weight excluding hydrogens is 382 g/mol. The number of aryl methyl sites for hydroxylation is 1. The topological polar surface area (TPSA) is 51.4 Å². The van der Waals surface area contributed by atoms with Crippen LogP contribution in [0.1, 0.15) is 17.0 Å². The number of thiazole rings is 1. The number of rotatable bonds is 1. The van der Waals surface area contributed by atoms with Crippen LogP contribution in [0.15, 0.2) is 0 Å². The number of aromatic nitrogens is 1. The van der Waals surface area contributed by atoms with E-state index in [4.69, 9.17) is 10.5 Å². The van der Waals surface area contributed by atoms with Gasteiger partial charge in [-0.25, -0.2) is 4.98 Å².